The summed E-state index contributed by atoms with van der Waals surface area (Å²) in [6, 6.07) is 5.49. The Morgan fingerprint density at radius 1 is 0.950 bits per heavy atom. The van der Waals surface area contributed by atoms with Crippen LogP contribution in [0.2, 0.25) is 0 Å². The van der Waals surface area contributed by atoms with E-state index in [0.29, 0.717) is 6.42 Å². The number of nitrogens with two attached hydrogens (primary N) is 2. The predicted molar refractivity (Wildman–Crippen MR) is 150 cm³/mol. The van der Waals surface area contributed by atoms with Gasteiger partial charge in [-0.2, -0.15) is 0 Å². The topological polar surface area (TPSA) is 207 Å². The summed E-state index contributed by atoms with van der Waals surface area (Å²) in [7, 11) is 0. The van der Waals surface area contributed by atoms with Gasteiger partial charge >= 0.3 is 12.1 Å². The molecule has 0 bridgehead atoms. The molecule has 0 radical (unpaired) electrons. The second kappa shape index (κ2) is 17.0. The van der Waals surface area contributed by atoms with Crippen LogP contribution in [0, 0.1) is 5.92 Å². The highest BCUT2D eigenvalue weighted by Crippen LogP contribution is 2.10. The van der Waals surface area contributed by atoms with E-state index in [9.17, 15) is 24.3 Å². The summed E-state index contributed by atoms with van der Waals surface area (Å²) in [4.78, 5) is 55.1. The lowest BCUT2D eigenvalue weighted by Gasteiger charge is -2.26. The molecule has 3 atom stereocenters. The van der Waals surface area contributed by atoms with E-state index in [1.165, 1.54) is 0 Å². The van der Waals surface area contributed by atoms with Crippen molar-refractivity contribution in [2.24, 2.45) is 22.4 Å². The minimum Gasteiger partial charge on any atom is -0.459 e. The molecule has 1 aromatic carbocycles. The lowest BCUT2D eigenvalue weighted by molar-refractivity contribution is -0.150. The highest BCUT2D eigenvalue weighted by molar-refractivity contribution is 5.93. The molecular formula is C27H44N6O7. The van der Waals surface area contributed by atoms with Crippen LogP contribution in [0.1, 0.15) is 59.4 Å². The summed E-state index contributed by atoms with van der Waals surface area (Å²) < 4.78 is 10.5. The van der Waals surface area contributed by atoms with Gasteiger partial charge in [0.2, 0.25) is 11.8 Å². The molecule has 0 saturated heterocycles. The maximum Gasteiger partial charge on any atom is 0.408 e. The van der Waals surface area contributed by atoms with Gasteiger partial charge < -0.3 is 42.0 Å². The Labute approximate surface area is 235 Å². The number of carbonyl (C=O) groups is 4. The van der Waals surface area contributed by atoms with Crippen LogP contribution in [0.25, 0.3) is 0 Å². The molecule has 0 aliphatic carbocycles. The summed E-state index contributed by atoms with van der Waals surface area (Å²) >= 11 is 0. The number of aliphatic imine (C=N–C) groups is 1. The molecule has 0 heterocycles. The number of guanidine groups is 1. The number of nitrogens with one attached hydrogen (secondary N) is 3. The predicted octanol–water partition coefficient (Wildman–Crippen LogP) is 0.685. The van der Waals surface area contributed by atoms with Crippen molar-refractivity contribution >= 4 is 29.8 Å². The van der Waals surface area contributed by atoms with Crippen molar-refractivity contribution in [3.05, 3.63) is 35.9 Å². The molecular weight excluding hydrogens is 520 g/mol. The normalized spacial score (nSPS) is 13.4. The molecule has 0 aromatic heterocycles. The van der Waals surface area contributed by atoms with Crippen molar-refractivity contribution in [3.63, 3.8) is 0 Å². The highest BCUT2D eigenvalue weighted by Gasteiger charge is 2.31. The van der Waals surface area contributed by atoms with Gasteiger partial charge in [0.05, 0.1) is 6.61 Å². The lowest BCUT2D eigenvalue weighted by atomic mass is 10.0. The highest BCUT2D eigenvalue weighted by atomic mass is 16.6. The van der Waals surface area contributed by atoms with Gasteiger partial charge in [-0.3, -0.25) is 14.6 Å². The molecule has 0 aliphatic rings. The number of rotatable bonds is 15. The quantitative estimate of drug-likeness (QED) is 0.0765. The smallest absolute Gasteiger partial charge is 0.408 e. The molecule has 13 nitrogen and oxygen atoms in total. The number of ether oxygens (including phenoxy) is 2. The third-order valence-electron chi connectivity index (χ3n) is 5.30. The minimum absolute atomic E-state index is 0.0206. The largest absolute Gasteiger partial charge is 0.459 e. The number of aliphatic hydroxyl groups is 1. The summed E-state index contributed by atoms with van der Waals surface area (Å²) in [5, 5.41) is 17.4. The number of amides is 3. The first kappa shape index (κ1) is 34.2. The summed E-state index contributed by atoms with van der Waals surface area (Å²) in [6.07, 6.45) is -0.0711. The molecule has 40 heavy (non-hydrogen) atoms. The molecule has 0 spiro atoms. The number of nitrogens with zero attached hydrogens (tertiary/aromatic N) is 1. The Kier molecular flexibility index (Phi) is 14.5. The molecule has 13 heteroatoms. The van der Waals surface area contributed by atoms with Crippen LogP contribution < -0.4 is 27.4 Å². The fourth-order valence-electron chi connectivity index (χ4n) is 3.48. The second-order valence-electron chi connectivity index (χ2n) is 10.7. The Bertz CT molecular complexity index is 991. The Morgan fingerprint density at radius 2 is 1.55 bits per heavy atom. The van der Waals surface area contributed by atoms with Crippen molar-refractivity contribution < 1.29 is 33.8 Å². The van der Waals surface area contributed by atoms with Crippen LogP contribution in [-0.2, 0) is 30.5 Å². The van der Waals surface area contributed by atoms with Gasteiger partial charge in [-0.05, 0) is 51.5 Å². The average molecular weight is 565 g/mol. The molecule has 1 rings (SSSR count). The third kappa shape index (κ3) is 14.3. The molecule has 224 valence electrons. The molecule has 1 aromatic rings. The minimum atomic E-state index is -1.34. The maximum absolute atomic E-state index is 13.2. The first-order valence-corrected chi connectivity index (χ1v) is 13.2. The third-order valence-corrected chi connectivity index (χ3v) is 5.30. The average Bonchev–Trinajstić information content (AvgIpc) is 2.86. The zero-order valence-corrected chi connectivity index (χ0v) is 23.9. The van der Waals surface area contributed by atoms with E-state index >= 15 is 0 Å². The number of aliphatic hydroxyl groups excluding tert-OH is 1. The molecule has 0 fully saturated rings. The van der Waals surface area contributed by atoms with Crippen molar-refractivity contribution in [1.82, 2.24) is 16.0 Å². The van der Waals surface area contributed by atoms with E-state index in [2.05, 4.69) is 20.9 Å². The fraction of sp³-hybridized carbons (Fsp3) is 0.593. The van der Waals surface area contributed by atoms with Crippen LogP contribution in [-0.4, -0.2) is 71.8 Å². The molecule has 8 N–H and O–H groups in total. The first-order valence-electron chi connectivity index (χ1n) is 13.2. The van der Waals surface area contributed by atoms with Crippen LogP contribution >= 0.6 is 0 Å². The van der Waals surface area contributed by atoms with Gasteiger partial charge in [0, 0.05) is 6.54 Å². The second-order valence-corrected chi connectivity index (χ2v) is 10.7. The molecule has 0 unspecified atom stereocenters. The van der Waals surface area contributed by atoms with Gasteiger partial charge in [-0.25, -0.2) is 9.59 Å². The fourth-order valence-corrected chi connectivity index (χ4v) is 3.48. The number of hydrogen-bond acceptors (Lipinski definition) is 8. The van der Waals surface area contributed by atoms with Crippen molar-refractivity contribution in [2.45, 2.75) is 84.2 Å². The number of esters is 1. The van der Waals surface area contributed by atoms with Crippen LogP contribution in [0.3, 0.4) is 0 Å². The van der Waals surface area contributed by atoms with Crippen molar-refractivity contribution in [1.29, 1.82) is 0 Å². The van der Waals surface area contributed by atoms with Gasteiger partial charge in [-0.1, -0.05) is 44.2 Å². The van der Waals surface area contributed by atoms with E-state index in [1.54, 1.807) is 45.0 Å². The van der Waals surface area contributed by atoms with E-state index in [0.717, 1.165) is 5.56 Å². The first-order chi connectivity index (χ1) is 18.7. The van der Waals surface area contributed by atoms with Gasteiger partial charge in [0.15, 0.2) is 12.0 Å². The van der Waals surface area contributed by atoms with Crippen molar-refractivity contribution in [3.8, 4) is 0 Å². The Balaban J connectivity index is 2.94. The maximum atomic E-state index is 13.2. The van der Waals surface area contributed by atoms with Gasteiger partial charge in [0.1, 0.15) is 24.3 Å². The van der Waals surface area contributed by atoms with E-state index < -0.39 is 54.2 Å². The molecule has 0 saturated carbocycles. The zero-order valence-electron chi connectivity index (χ0n) is 23.9. The summed E-state index contributed by atoms with van der Waals surface area (Å²) in [5.41, 5.74) is 10.6. The Hall–Kier alpha value is -3.87. The summed E-state index contributed by atoms with van der Waals surface area (Å²) in [5.74, 6) is -2.26. The standard InChI is InChI=1S/C27H44N6O7/c1-17(2)14-20(23(36)32-21(15-34)24(37)39-16-18-10-7-6-8-11-18)31-22(35)19(12-9-13-30-25(28)29)33-26(38)40-27(3,4)5/h6-8,10-11,17,19-21,34H,9,12-16H2,1-5H3,(H,31,35)(H,32,36)(H,33,38)(H4,28,29,30)/t19-,20-,21-/m0/s1. The van der Waals surface area contributed by atoms with Gasteiger partial charge in [0.25, 0.3) is 0 Å². The van der Waals surface area contributed by atoms with E-state index in [1.807, 2.05) is 19.9 Å². The van der Waals surface area contributed by atoms with E-state index in [-0.39, 0.29) is 37.9 Å². The zero-order chi connectivity index (χ0) is 30.3. The number of alkyl carbamates (subject to hydrolysis) is 1. The van der Waals surface area contributed by atoms with Crippen LogP contribution in [0.5, 0.6) is 0 Å². The monoisotopic (exact) mass is 564 g/mol. The molecule has 3 amide bonds. The van der Waals surface area contributed by atoms with Crippen molar-refractivity contribution in [2.75, 3.05) is 13.2 Å². The number of hydrogen-bond donors (Lipinski definition) is 6. The molecule has 0 aliphatic heterocycles. The summed E-state index contributed by atoms with van der Waals surface area (Å²) in [6.45, 7) is 8.27. The number of carbonyl (C=O) groups excluding carboxylic acids is 4. The van der Waals surface area contributed by atoms with Crippen LogP contribution in [0.4, 0.5) is 4.79 Å². The Morgan fingerprint density at radius 3 is 2.10 bits per heavy atom. The number of benzene rings is 1. The van der Waals surface area contributed by atoms with E-state index in [4.69, 9.17) is 20.9 Å². The SMILES string of the molecule is CC(C)C[C@H](NC(=O)[C@H](CCCN=C(N)N)NC(=O)OC(C)(C)C)C(=O)N[C@@H](CO)C(=O)OCc1ccccc1. The van der Waals surface area contributed by atoms with Crippen LogP contribution in [0.15, 0.2) is 35.3 Å². The van der Waals surface area contributed by atoms with Gasteiger partial charge in [-0.15, -0.1) is 0 Å². The lowest BCUT2D eigenvalue weighted by Crippen LogP contribution is -2.57.